The number of hydrazine groups is 1. The summed E-state index contributed by atoms with van der Waals surface area (Å²) in [5.74, 6) is -0.981. The average Bonchev–Trinajstić information content (AvgIpc) is 2.12. The second kappa shape index (κ2) is 2.43. The van der Waals surface area contributed by atoms with Crippen LogP contribution in [0.2, 0.25) is 0 Å². The molecule has 0 fully saturated rings. The maximum absolute atomic E-state index is 10.1. The van der Waals surface area contributed by atoms with E-state index in [4.69, 9.17) is 5.11 Å². The Morgan fingerprint density at radius 3 is 2.90 bits per heavy atom. The van der Waals surface area contributed by atoms with Gasteiger partial charge in [0.15, 0.2) is 0 Å². The SMILES string of the molecule is O=C(O)CC1(S)N=NNN1. The van der Waals surface area contributed by atoms with Gasteiger partial charge in [0.05, 0.1) is 6.42 Å². The van der Waals surface area contributed by atoms with E-state index >= 15 is 0 Å². The molecule has 0 aromatic carbocycles. The summed E-state index contributed by atoms with van der Waals surface area (Å²) in [6.07, 6.45) is -0.216. The Hall–Kier alpha value is -0.820. The van der Waals surface area contributed by atoms with Crippen molar-refractivity contribution in [1.82, 2.24) is 11.0 Å². The Morgan fingerprint density at radius 1 is 1.80 bits per heavy atom. The number of carbonyl (C=O) groups is 1. The molecular weight excluding hydrogens is 156 g/mol. The van der Waals surface area contributed by atoms with Crippen molar-refractivity contribution in [3.63, 3.8) is 0 Å². The van der Waals surface area contributed by atoms with Crippen LogP contribution >= 0.6 is 12.6 Å². The fraction of sp³-hybridized carbons (Fsp3) is 0.667. The molecule has 6 nitrogen and oxygen atoms in total. The predicted octanol–water partition coefficient (Wildman–Crippen LogP) is -0.480. The molecule has 0 saturated heterocycles. The van der Waals surface area contributed by atoms with E-state index in [2.05, 4.69) is 33.9 Å². The van der Waals surface area contributed by atoms with Crippen LogP contribution in [0.4, 0.5) is 0 Å². The average molecular weight is 162 g/mol. The fourth-order valence-corrected chi connectivity index (χ4v) is 0.768. The lowest BCUT2D eigenvalue weighted by Gasteiger charge is -2.13. The molecule has 0 bridgehead atoms. The smallest absolute Gasteiger partial charge is 0.308 e. The Kier molecular flexibility index (Phi) is 1.77. The normalized spacial score (nSPS) is 30.1. The summed E-state index contributed by atoms with van der Waals surface area (Å²) in [5.41, 5.74) is 4.75. The molecule has 0 aliphatic carbocycles. The largest absolute Gasteiger partial charge is 0.481 e. The lowest BCUT2D eigenvalue weighted by molar-refractivity contribution is -0.137. The van der Waals surface area contributed by atoms with Gasteiger partial charge in [-0.05, 0) is 0 Å². The molecule has 1 rings (SSSR count). The van der Waals surface area contributed by atoms with E-state index in [-0.39, 0.29) is 6.42 Å². The molecule has 0 radical (unpaired) electrons. The lowest BCUT2D eigenvalue weighted by Crippen LogP contribution is -2.41. The molecule has 1 unspecified atom stereocenters. The minimum Gasteiger partial charge on any atom is -0.481 e. The standard InChI is InChI=1S/C3H6N4O2S/c8-2(9)1-3(10)4-6-7-5-3/h10H,1H2,(H,4,7)(H,5,6)(H,8,9). The molecule has 1 aliphatic heterocycles. The zero-order chi connectivity index (χ0) is 7.61. The maximum Gasteiger partial charge on any atom is 0.308 e. The van der Waals surface area contributed by atoms with Gasteiger partial charge in [0.2, 0.25) is 4.99 Å². The molecular formula is C3H6N4O2S. The highest BCUT2D eigenvalue weighted by molar-refractivity contribution is 7.81. The second-order valence-electron chi connectivity index (χ2n) is 1.82. The topological polar surface area (TPSA) is 86.1 Å². The summed E-state index contributed by atoms with van der Waals surface area (Å²) in [6, 6.07) is 0. The van der Waals surface area contributed by atoms with E-state index in [0.29, 0.717) is 0 Å². The van der Waals surface area contributed by atoms with E-state index in [0.717, 1.165) is 0 Å². The predicted molar refractivity (Wildman–Crippen MR) is 35.1 cm³/mol. The molecule has 1 atom stereocenters. The number of aliphatic carboxylic acids is 1. The third kappa shape index (κ3) is 1.58. The molecule has 1 heterocycles. The first-order valence-corrected chi connectivity index (χ1v) is 2.95. The summed E-state index contributed by atoms with van der Waals surface area (Å²) in [6.45, 7) is 0. The molecule has 0 saturated carbocycles. The van der Waals surface area contributed by atoms with Crippen molar-refractivity contribution in [2.75, 3.05) is 0 Å². The van der Waals surface area contributed by atoms with Gasteiger partial charge in [-0.15, -0.1) is 17.7 Å². The van der Waals surface area contributed by atoms with Crippen LogP contribution in [-0.4, -0.2) is 16.1 Å². The van der Waals surface area contributed by atoms with Crippen molar-refractivity contribution in [3.8, 4) is 0 Å². The Labute approximate surface area is 62.1 Å². The van der Waals surface area contributed by atoms with Crippen molar-refractivity contribution >= 4 is 18.6 Å². The number of hydrogen-bond donors (Lipinski definition) is 4. The first kappa shape index (κ1) is 7.29. The van der Waals surface area contributed by atoms with Crippen LogP contribution in [0.25, 0.3) is 0 Å². The van der Waals surface area contributed by atoms with Gasteiger partial charge in [-0.2, -0.15) is 5.43 Å². The Bertz CT molecular complexity index is 183. The first-order chi connectivity index (χ1) is 4.62. The highest BCUT2D eigenvalue weighted by Crippen LogP contribution is 2.19. The van der Waals surface area contributed by atoms with Crippen LogP contribution in [0.5, 0.6) is 0 Å². The molecule has 56 valence electrons. The summed E-state index contributed by atoms with van der Waals surface area (Å²) < 4.78 is 0. The highest BCUT2D eigenvalue weighted by atomic mass is 32.1. The lowest BCUT2D eigenvalue weighted by atomic mass is 10.3. The number of rotatable bonds is 2. The van der Waals surface area contributed by atoms with Gasteiger partial charge in [-0.1, -0.05) is 5.22 Å². The van der Waals surface area contributed by atoms with Crippen LogP contribution in [-0.2, 0) is 4.79 Å². The van der Waals surface area contributed by atoms with Gasteiger partial charge in [-0.25, -0.2) is 5.53 Å². The molecule has 3 N–H and O–H groups in total. The van der Waals surface area contributed by atoms with Gasteiger partial charge >= 0.3 is 5.97 Å². The van der Waals surface area contributed by atoms with Crippen molar-refractivity contribution in [1.29, 1.82) is 0 Å². The molecule has 0 amide bonds. The summed E-state index contributed by atoms with van der Waals surface area (Å²) in [4.78, 5) is 9.05. The Balaban J connectivity index is 2.52. The number of nitrogens with one attached hydrogen (secondary N) is 2. The molecule has 7 heteroatoms. The number of carboxylic acids is 1. The fourth-order valence-electron chi connectivity index (χ4n) is 0.538. The van der Waals surface area contributed by atoms with Gasteiger partial charge in [0, 0.05) is 0 Å². The van der Waals surface area contributed by atoms with E-state index in [1.165, 1.54) is 0 Å². The number of hydrogen-bond acceptors (Lipinski definition) is 6. The van der Waals surface area contributed by atoms with Gasteiger partial charge in [-0.3, -0.25) is 4.79 Å². The van der Waals surface area contributed by atoms with E-state index < -0.39 is 11.0 Å². The number of carboxylic acid groups (broad SMARTS) is 1. The van der Waals surface area contributed by atoms with Crippen molar-refractivity contribution in [2.45, 2.75) is 11.4 Å². The van der Waals surface area contributed by atoms with Gasteiger partial charge in [0.25, 0.3) is 0 Å². The first-order valence-electron chi connectivity index (χ1n) is 2.51. The summed E-state index contributed by atoms with van der Waals surface area (Å²) >= 11 is 3.91. The van der Waals surface area contributed by atoms with Crippen LogP contribution in [0, 0.1) is 0 Å². The molecule has 10 heavy (non-hydrogen) atoms. The van der Waals surface area contributed by atoms with Crippen molar-refractivity contribution in [2.24, 2.45) is 10.3 Å². The molecule has 1 aliphatic rings. The van der Waals surface area contributed by atoms with Crippen LogP contribution in [0.15, 0.2) is 10.3 Å². The van der Waals surface area contributed by atoms with Crippen molar-refractivity contribution in [3.05, 3.63) is 0 Å². The van der Waals surface area contributed by atoms with Crippen LogP contribution in [0.3, 0.4) is 0 Å². The Morgan fingerprint density at radius 2 is 2.50 bits per heavy atom. The molecule has 0 aromatic heterocycles. The maximum atomic E-state index is 10.1. The van der Waals surface area contributed by atoms with E-state index in [1.54, 1.807) is 0 Å². The third-order valence-corrected chi connectivity index (χ3v) is 1.28. The van der Waals surface area contributed by atoms with E-state index in [9.17, 15) is 4.79 Å². The zero-order valence-corrected chi connectivity index (χ0v) is 5.80. The quantitative estimate of drug-likeness (QED) is 0.413. The third-order valence-electron chi connectivity index (χ3n) is 0.919. The monoisotopic (exact) mass is 162 g/mol. The summed E-state index contributed by atoms with van der Waals surface area (Å²) in [7, 11) is 0. The summed E-state index contributed by atoms with van der Waals surface area (Å²) in [5, 5.41) is 15.1. The minimum absolute atomic E-state index is 0.216. The van der Waals surface area contributed by atoms with E-state index in [1.807, 2.05) is 0 Å². The van der Waals surface area contributed by atoms with Gasteiger partial charge < -0.3 is 5.11 Å². The van der Waals surface area contributed by atoms with Crippen molar-refractivity contribution < 1.29 is 9.90 Å². The van der Waals surface area contributed by atoms with Crippen LogP contribution < -0.4 is 11.0 Å². The van der Waals surface area contributed by atoms with Crippen LogP contribution in [0.1, 0.15) is 6.42 Å². The number of nitrogens with zero attached hydrogens (tertiary/aromatic N) is 2. The number of thiol groups is 1. The zero-order valence-electron chi connectivity index (χ0n) is 4.90. The molecule has 0 aromatic rings. The second-order valence-corrected chi connectivity index (χ2v) is 2.56. The minimum atomic E-state index is -1.09. The molecule has 0 spiro atoms. The highest BCUT2D eigenvalue weighted by Gasteiger charge is 2.31. The van der Waals surface area contributed by atoms with Gasteiger partial charge in [0.1, 0.15) is 0 Å².